The van der Waals surface area contributed by atoms with Gasteiger partial charge in [0.05, 0.1) is 21.7 Å². The summed E-state index contributed by atoms with van der Waals surface area (Å²) in [5, 5.41) is 30.4. The molecule has 2 heterocycles. The molecule has 0 saturated heterocycles. The molecule has 0 atom stereocenters. The van der Waals surface area contributed by atoms with Gasteiger partial charge in [-0.05, 0) is 48.7 Å². The zero-order valence-electron chi connectivity index (χ0n) is 25.5. The quantitative estimate of drug-likeness (QED) is 0.0608. The van der Waals surface area contributed by atoms with Crippen molar-refractivity contribution in [1.29, 1.82) is 0 Å². The van der Waals surface area contributed by atoms with Gasteiger partial charge in [-0.25, -0.2) is 31.1 Å². The lowest BCUT2D eigenvalue weighted by Gasteiger charge is -2.24. The lowest BCUT2D eigenvalue weighted by molar-refractivity contribution is -0.388. The first-order valence-electron chi connectivity index (χ1n) is 14.7. The molecule has 0 unspecified atom stereocenters. The Bertz CT molecular complexity index is 2230. The number of anilines is 2. The van der Waals surface area contributed by atoms with Gasteiger partial charge in [-0.15, -0.1) is 11.6 Å². The second-order valence-electron chi connectivity index (χ2n) is 10.4. The number of nitrogens with zero attached hydrogens (tertiary/aromatic N) is 6. The van der Waals surface area contributed by atoms with E-state index in [0.29, 0.717) is 35.6 Å². The second kappa shape index (κ2) is 14.9. The third-order valence-electron chi connectivity index (χ3n) is 7.24. The molecule has 0 radical (unpaired) electrons. The summed E-state index contributed by atoms with van der Waals surface area (Å²) in [6.07, 6.45) is 3.85. The van der Waals surface area contributed by atoms with Gasteiger partial charge >= 0.3 is 0 Å². The predicted molar refractivity (Wildman–Crippen MR) is 183 cm³/mol. The number of rotatable bonds is 16. The van der Waals surface area contributed by atoms with E-state index in [0.717, 1.165) is 16.4 Å². The molecule has 0 bridgehead atoms. The molecular formula is C30H29ClN8O8S2. The predicted octanol–water partition coefficient (Wildman–Crippen LogP) is 4.82. The number of nitrogens with one attached hydrogen (secondary N) is 2. The molecule has 0 spiro atoms. The Balaban J connectivity index is 1.34. The number of nitro groups is 2. The highest BCUT2D eigenvalue weighted by Gasteiger charge is 2.32. The molecule has 16 nitrogen and oxygen atoms in total. The van der Waals surface area contributed by atoms with Crippen LogP contribution in [0, 0.1) is 20.2 Å². The van der Waals surface area contributed by atoms with Crippen molar-refractivity contribution in [3.63, 3.8) is 0 Å². The molecule has 49 heavy (non-hydrogen) atoms. The zero-order valence-corrected chi connectivity index (χ0v) is 27.9. The molecule has 0 aliphatic heterocycles. The molecule has 3 aromatic carbocycles. The van der Waals surface area contributed by atoms with Crippen LogP contribution < -0.4 is 14.3 Å². The topological polar surface area (TPSA) is 212 Å². The van der Waals surface area contributed by atoms with E-state index in [1.54, 1.807) is 42.7 Å². The Morgan fingerprint density at radius 1 is 0.837 bits per heavy atom. The van der Waals surface area contributed by atoms with Crippen LogP contribution >= 0.6 is 11.6 Å². The van der Waals surface area contributed by atoms with E-state index in [-0.39, 0.29) is 31.1 Å². The number of halogens is 1. The fraction of sp³-hybridized carbons (Fsp3) is 0.200. The normalized spacial score (nSPS) is 11.8. The maximum Gasteiger partial charge on any atom is 0.289 e. The molecular weight excluding hydrogens is 700 g/mol. The fourth-order valence-corrected chi connectivity index (χ4v) is 7.98. The maximum atomic E-state index is 13.8. The largest absolute Gasteiger partial charge is 0.370 e. The highest BCUT2D eigenvalue weighted by atomic mass is 35.5. The molecule has 0 saturated carbocycles. The van der Waals surface area contributed by atoms with Gasteiger partial charge in [0.2, 0.25) is 10.0 Å². The van der Waals surface area contributed by atoms with Gasteiger partial charge in [-0.2, -0.15) is 5.10 Å². The monoisotopic (exact) mass is 728 g/mol. The van der Waals surface area contributed by atoms with Crippen molar-refractivity contribution >= 4 is 60.2 Å². The van der Waals surface area contributed by atoms with E-state index < -0.39 is 51.1 Å². The van der Waals surface area contributed by atoms with E-state index in [1.165, 1.54) is 40.9 Å². The Morgan fingerprint density at radius 3 is 2.20 bits per heavy atom. The number of nitro benzene ring substituents is 2. The van der Waals surface area contributed by atoms with Crippen molar-refractivity contribution in [2.45, 2.75) is 22.6 Å². The minimum absolute atomic E-state index is 0.00359. The minimum atomic E-state index is -4.37. The average Bonchev–Trinajstić information content (AvgIpc) is 3.51. The molecule has 19 heteroatoms. The van der Waals surface area contributed by atoms with Crippen molar-refractivity contribution in [2.75, 3.05) is 35.1 Å². The molecule has 5 rings (SSSR count). The van der Waals surface area contributed by atoms with Crippen LogP contribution in [0.5, 0.6) is 0 Å². The van der Waals surface area contributed by atoms with E-state index in [9.17, 15) is 37.1 Å². The van der Waals surface area contributed by atoms with Gasteiger partial charge < -0.3 is 5.32 Å². The Morgan fingerprint density at radius 2 is 1.51 bits per heavy atom. The van der Waals surface area contributed by atoms with Crippen LogP contribution in [0.4, 0.5) is 22.9 Å². The third kappa shape index (κ3) is 7.78. The van der Waals surface area contributed by atoms with Crippen molar-refractivity contribution in [3.8, 4) is 11.1 Å². The summed E-state index contributed by atoms with van der Waals surface area (Å²) in [7, 11) is -8.48. The zero-order chi connectivity index (χ0) is 35.2. The van der Waals surface area contributed by atoms with Gasteiger partial charge in [0.15, 0.2) is 15.4 Å². The highest BCUT2D eigenvalue weighted by molar-refractivity contribution is 7.93. The number of aromatic nitrogens is 3. The molecule has 2 aromatic heterocycles. The molecule has 0 amide bonds. The third-order valence-corrected chi connectivity index (χ3v) is 10.9. The number of hydrogen-bond acceptors (Lipinski definition) is 11. The first kappa shape index (κ1) is 35.1. The van der Waals surface area contributed by atoms with Crippen molar-refractivity contribution in [1.82, 2.24) is 19.3 Å². The second-order valence-corrected chi connectivity index (χ2v) is 14.4. The van der Waals surface area contributed by atoms with Crippen LogP contribution in [0.1, 0.15) is 12.8 Å². The average molecular weight is 729 g/mol. The summed E-state index contributed by atoms with van der Waals surface area (Å²) in [5.41, 5.74) is 0.792. The molecule has 256 valence electrons. The molecule has 2 N–H and O–H groups in total. The highest BCUT2D eigenvalue weighted by Crippen LogP contribution is 2.33. The van der Waals surface area contributed by atoms with Gasteiger partial charge in [-0.1, -0.05) is 36.4 Å². The van der Waals surface area contributed by atoms with Crippen LogP contribution in [0.25, 0.3) is 16.8 Å². The van der Waals surface area contributed by atoms with E-state index in [2.05, 4.69) is 20.1 Å². The summed E-state index contributed by atoms with van der Waals surface area (Å²) >= 11 is 5.91. The number of hydrogen-bond donors (Lipinski definition) is 2. The minimum Gasteiger partial charge on any atom is -0.370 e. The van der Waals surface area contributed by atoms with Crippen molar-refractivity contribution in [3.05, 3.63) is 111 Å². The molecule has 0 aliphatic rings. The number of fused-ring (bicyclic) bond motifs is 1. The van der Waals surface area contributed by atoms with Crippen molar-refractivity contribution < 1.29 is 26.7 Å². The first-order chi connectivity index (χ1) is 23.4. The molecule has 0 fully saturated rings. The van der Waals surface area contributed by atoms with E-state index >= 15 is 0 Å². The summed E-state index contributed by atoms with van der Waals surface area (Å²) in [4.78, 5) is 25.2. The van der Waals surface area contributed by atoms with Crippen LogP contribution in [0.2, 0.25) is 0 Å². The van der Waals surface area contributed by atoms with Gasteiger partial charge in [-0.3, -0.25) is 24.5 Å². The fourth-order valence-electron chi connectivity index (χ4n) is 4.96. The number of para-hydroxylation sites is 2. The van der Waals surface area contributed by atoms with Crippen molar-refractivity contribution in [2.24, 2.45) is 0 Å². The number of benzene rings is 3. The Hall–Kier alpha value is -5.17. The molecule has 5 aromatic rings. The van der Waals surface area contributed by atoms with Crippen LogP contribution in [0.15, 0.2) is 101 Å². The van der Waals surface area contributed by atoms with E-state index in [4.69, 9.17) is 11.6 Å². The standard InChI is InChI=1S/C30H29ClN8O8S2/c31-15-6-18-37(49(46,47)28-13-4-2-11-26(28)39(42)43)23-9-5-8-22(20-23)24-21-33-36-19-14-29(35-30(24)36)32-16-7-17-34-48(44,45)27-12-3-1-10-25(27)38(40)41/h1-5,8-14,19-21,34H,6-7,15-18H2,(H,32,35). The summed E-state index contributed by atoms with van der Waals surface area (Å²) in [5.74, 6) is 0.618. The van der Waals surface area contributed by atoms with Gasteiger partial charge in [0, 0.05) is 49.4 Å². The first-order valence-corrected chi connectivity index (χ1v) is 18.1. The van der Waals surface area contributed by atoms with Gasteiger partial charge in [0.1, 0.15) is 5.82 Å². The molecule has 0 aliphatic carbocycles. The van der Waals surface area contributed by atoms with Crippen LogP contribution in [-0.4, -0.2) is 66.8 Å². The lowest BCUT2D eigenvalue weighted by Crippen LogP contribution is -2.32. The van der Waals surface area contributed by atoms with E-state index in [1.807, 2.05) is 0 Å². The van der Waals surface area contributed by atoms with Gasteiger partial charge in [0.25, 0.3) is 21.4 Å². The van der Waals surface area contributed by atoms with Crippen LogP contribution in [0.3, 0.4) is 0 Å². The SMILES string of the molecule is O=[N+]([O-])c1ccccc1S(=O)(=O)NCCCNc1ccn2ncc(-c3cccc(N(CCCCl)S(=O)(=O)c4ccccc4[N+](=O)[O-])c3)c2n1. The van der Waals surface area contributed by atoms with Crippen LogP contribution in [-0.2, 0) is 20.0 Å². The summed E-state index contributed by atoms with van der Waals surface area (Å²) in [6, 6.07) is 18.5. The summed E-state index contributed by atoms with van der Waals surface area (Å²) < 4.78 is 57.9. The Labute approximate surface area is 285 Å². The Kier molecular flexibility index (Phi) is 10.7. The smallest absolute Gasteiger partial charge is 0.289 e. The maximum absolute atomic E-state index is 13.8. The lowest BCUT2D eigenvalue weighted by atomic mass is 10.1. The number of sulfonamides is 2. The number of alkyl halides is 1. The summed E-state index contributed by atoms with van der Waals surface area (Å²) in [6.45, 7) is 0.283.